The average Bonchev–Trinajstić information content (AvgIpc) is 3.12. The number of fused-ring (bicyclic) bond motifs is 1. The Kier molecular flexibility index (Phi) is 13.9. The number of hydrogen-bond donors (Lipinski definition) is 4. The van der Waals surface area contributed by atoms with Crippen LogP contribution in [0.25, 0.3) is 0 Å². The number of alkyl halides is 3. The fourth-order valence-corrected chi connectivity index (χ4v) is 6.00. The molecule has 0 radical (unpaired) electrons. The van der Waals surface area contributed by atoms with Crippen LogP contribution in [-0.4, -0.2) is 71.5 Å². The van der Waals surface area contributed by atoms with Gasteiger partial charge in [0.1, 0.15) is 11.9 Å². The Morgan fingerprint density at radius 2 is 1.69 bits per heavy atom. The molecule has 10 nitrogen and oxygen atoms in total. The lowest BCUT2D eigenvalue weighted by molar-refractivity contribution is -0.137. The maximum absolute atomic E-state index is 13.5. The van der Waals surface area contributed by atoms with E-state index in [9.17, 15) is 32.7 Å². The van der Waals surface area contributed by atoms with Crippen LogP contribution < -0.4 is 21.1 Å². The van der Waals surface area contributed by atoms with E-state index in [4.69, 9.17) is 10.5 Å². The highest BCUT2D eigenvalue weighted by molar-refractivity contribution is 5.94. The van der Waals surface area contributed by atoms with Crippen molar-refractivity contribution in [2.45, 2.75) is 77.2 Å². The minimum absolute atomic E-state index is 0.000905. The van der Waals surface area contributed by atoms with Crippen molar-refractivity contribution < 1.29 is 37.4 Å². The second-order valence-corrected chi connectivity index (χ2v) is 13.3. The summed E-state index contributed by atoms with van der Waals surface area (Å²) in [6.07, 6.45) is -2.35. The van der Waals surface area contributed by atoms with Gasteiger partial charge in [0.15, 0.2) is 0 Å². The Labute approximate surface area is 297 Å². The van der Waals surface area contributed by atoms with Gasteiger partial charge in [0, 0.05) is 49.6 Å². The molecule has 1 aliphatic heterocycles. The van der Waals surface area contributed by atoms with Crippen molar-refractivity contribution in [3.63, 3.8) is 0 Å². The Morgan fingerprint density at radius 1 is 1.02 bits per heavy atom. The summed E-state index contributed by atoms with van der Waals surface area (Å²) in [6.45, 7) is 4.66. The fraction of sp³-hybridized carbons (Fsp3) is 0.447. The van der Waals surface area contributed by atoms with Gasteiger partial charge in [-0.2, -0.15) is 13.2 Å². The van der Waals surface area contributed by atoms with Crippen LogP contribution in [-0.2, 0) is 33.5 Å². The Hall–Kier alpha value is -4.62. The first-order chi connectivity index (χ1) is 24.2. The highest BCUT2D eigenvalue weighted by atomic mass is 19.4. The van der Waals surface area contributed by atoms with E-state index in [1.165, 1.54) is 12.1 Å². The van der Waals surface area contributed by atoms with Gasteiger partial charge in [0.05, 0.1) is 36.0 Å². The third-order valence-corrected chi connectivity index (χ3v) is 8.97. The van der Waals surface area contributed by atoms with E-state index in [0.29, 0.717) is 79.3 Å². The van der Waals surface area contributed by atoms with Gasteiger partial charge in [0.2, 0.25) is 17.7 Å². The van der Waals surface area contributed by atoms with Gasteiger partial charge < -0.3 is 31.1 Å². The summed E-state index contributed by atoms with van der Waals surface area (Å²) in [7, 11) is 1.86. The zero-order valence-corrected chi connectivity index (χ0v) is 29.3. The number of amides is 3. The van der Waals surface area contributed by atoms with E-state index in [-0.39, 0.29) is 43.1 Å². The summed E-state index contributed by atoms with van der Waals surface area (Å²) in [6, 6.07) is 16.9. The van der Waals surface area contributed by atoms with Crippen LogP contribution in [0.2, 0.25) is 0 Å². The lowest BCUT2D eigenvalue weighted by Crippen LogP contribution is -2.47. The topological polar surface area (TPSA) is 137 Å². The summed E-state index contributed by atoms with van der Waals surface area (Å²) >= 11 is 0. The molecule has 4 rings (SSSR count). The molecule has 0 bridgehead atoms. The summed E-state index contributed by atoms with van der Waals surface area (Å²) in [5.74, 6) is -0.186. The van der Waals surface area contributed by atoms with Crippen molar-refractivity contribution in [3.05, 3.63) is 83.4 Å². The number of likely N-dealkylation sites (N-methyl/N-ethyl adjacent to an activating group) is 1. The number of carbonyl (C=O) groups excluding carboxylic acids is 3. The highest BCUT2D eigenvalue weighted by Gasteiger charge is 2.32. The Morgan fingerprint density at radius 3 is 2.33 bits per heavy atom. The Balaban J connectivity index is 1.37. The number of carbonyl (C=O) groups is 3. The molecule has 3 atom stereocenters. The van der Waals surface area contributed by atoms with Crippen LogP contribution in [0.4, 0.5) is 30.2 Å². The minimum Gasteiger partial charge on any atom is -0.488 e. The number of nitrogens with zero attached hydrogens (tertiary/aromatic N) is 2. The number of aliphatic hydroxyl groups excluding tert-OH is 1. The Bertz CT molecular complexity index is 1630. The fourth-order valence-electron chi connectivity index (χ4n) is 6.00. The molecule has 0 unspecified atom stereocenters. The molecular formula is C38H48F3N5O5. The van der Waals surface area contributed by atoms with Crippen molar-refractivity contribution in [3.8, 4) is 5.75 Å². The SMILES string of the molecule is C[C@@H]1CN([C@@H](C)CO)C(=O)Cc2cc(NC(=O)CCCCCC(=O)Nc3ccccc3N)ccc2O[C@@H]1CN(C)Cc1ccc(C(F)(F)F)cc1. The van der Waals surface area contributed by atoms with Crippen LogP contribution in [0, 0.1) is 5.92 Å². The minimum atomic E-state index is -4.41. The average molecular weight is 712 g/mol. The number of unbranched alkanes of at least 4 members (excludes halogenated alkanes) is 2. The molecule has 51 heavy (non-hydrogen) atoms. The van der Waals surface area contributed by atoms with Crippen molar-refractivity contribution in [1.29, 1.82) is 0 Å². The highest BCUT2D eigenvalue weighted by Crippen LogP contribution is 2.31. The normalized spacial score (nSPS) is 17.1. The summed E-state index contributed by atoms with van der Waals surface area (Å²) in [5, 5.41) is 15.6. The number of rotatable bonds is 14. The number of halogens is 3. The van der Waals surface area contributed by atoms with Crippen molar-refractivity contribution in [1.82, 2.24) is 9.80 Å². The molecule has 0 saturated carbocycles. The van der Waals surface area contributed by atoms with Gasteiger partial charge in [0.25, 0.3) is 0 Å². The molecule has 3 amide bonds. The first-order valence-electron chi connectivity index (χ1n) is 17.2. The van der Waals surface area contributed by atoms with E-state index < -0.39 is 23.9 Å². The van der Waals surface area contributed by atoms with Gasteiger partial charge in [-0.05, 0) is 74.8 Å². The van der Waals surface area contributed by atoms with Crippen LogP contribution in [0.3, 0.4) is 0 Å². The number of aliphatic hydroxyl groups is 1. The molecule has 3 aromatic rings. The number of nitrogens with two attached hydrogens (primary N) is 1. The summed E-state index contributed by atoms with van der Waals surface area (Å²) in [4.78, 5) is 42.2. The van der Waals surface area contributed by atoms with Gasteiger partial charge in [-0.15, -0.1) is 0 Å². The quantitative estimate of drug-likeness (QED) is 0.117. The molecule has 276 valence electrons. The van der Waals surface area contributed by atoms with E-state index in [1.54, 1.807) is 54.3 Å². The second kappa shape index (κ2) is 18.0. The molecular weight excluding hydrogens is 663 g/mol. The smallest absolute Gasteiger partial charge is 0.416 e. The van der Waals surface area contributed by atoms with E-state index in [1.807, 2.05) is 18.9 Å². The van der Waals surface area contributed by atoms with Gasteiger partial charge in [-0.25, -0.2) is 0 Å². The molecule has 1 aliphatic rings. The molecule has 0 aliphatic carbocycles. The first kappa shape index (κ1) is 39.2. The largest absolute Gasteiger partial charge is 0.488 e. The van der Waals surface area contributed by atoms with Crippen LogP contribution >= 0.6 is 0 Å². The molecule has 0 fully saturated rings. The lowest BCUT2D eigenvalue weighted by Gasteiger charge is -2.34. The molecule has 5 N–H and O–H groups in total. The molecule has 0 aromatic heterocycles. The second-order valence-electron chi connectivity index (χ2n) is 13.3. The van der Waals surface area contributed by atoms with Crippen molar-refractivity contribution >= 4 is 34.8 Å². The number of ether oxygens (including phenoxy) is 1. The monoisotopic (exact) mass is 711 g/mol. The predicted octanol–water partition coefficient (Wildman–Crippen LogP) is 6.10. The number of nitrogens with one attached hydrogen (secondary N) is 2. The number of nitrogen functional groups attached to an aromatic ring is 1. The van der Waals surface area contributed by atoms with Crippen molar-refractivity contribution in [2.75, 3.05) is 43.1 Å². The third kappa shape index (κ3) is 11.7. The maximum atomic E-state index is 13.5. The summed E-state index contributed by atoms with van der Waals surface area (Å²) < 4.78 is 45.7. The zero-order valence-electron chi connectivity index (χ0n) is 29.3. The number of hydrogen-bond acceptors (Lipinski definition) is 7. The summed E-state index contributed by atoms with van der Waals surface area (Å²) in [5.41, 5.74) is 8.06. The first-order valence-corrected chi connectivity index (χ1v) is 17.2. The van der Waals surface area contributed by atoms with Crippen molar-refractivity contribution in [2.24, 2.45) is 5.92 Å². The third-order valence-electron chi connectivity index (χ3n) is 8.97. The molecule has 1 heterocycles. The lowest BCUT2D eigenvalue weighted by atomic mass is 10.0. The predicted molar refractivity (Wildman–Crippen MR) is 191 cm³/mol. The molecule has 3 aromatic carbocycles. The number of para-hydroxylation sites is 2. The maximum Gasteiger partial charge on any atom is 0.416 e. The van der Waals surface area contributed by atoms with E-state index in [2.05, 4.69) is 10.6 Å². The van der Waals surface area contributed by atoms with E-state index in [0.717, 1.165) is 12.1 Å². The van der Waals surface area contributed by atoms with Gasteiger partial charge >= 0.3 is 6.18 Å². The molecule has 0 spiro atoms. The molecule has 13 heteroatoms. The van der Waals surface area contributed by atoms with Gasteiger partial charge in [-0.1, -0.05) is 37.6 Å². The number of benzene rings is 3. The van der Waals surface area contributed by atoms with Crippen LogP contribution in [0.5, 0.6) is 5.75 Å². The van der Waals surface area contributed by atoms with Gasteiger partial charge in [-0.3, -0.25) is 19.3 Å². The zero-order chi connectivity index (χ0) is 37.1. The van der Waals surface area contributed by atoms with E-state index >= 15 is 0 Å². The number of anilines is 3. The molecule has 0 saturated heterocycles. The van der Waals surface area contributed by atoms with Crippen LogP contribution in [0.1, 0.15) is 62.6 Å². The standard InChI is InChI=1S/C38H48F3N5O5/c1-25-21-46(26(2)24-47)37(50)20-28-19-30(43-35(48)11-5-4-6-12-36(49)44-32-10-8-7-9-31(32)42)17-18-33(28)51-34(25)23-45(3)22-27-13-15-29(16-14-27)38(39,40)41/h7-10,13-19,25-26,34,47H,4-6,11-12,20-24,42H2,1-3H3,(H,43,48)(H,44,49)/t25-,26+,34-/m1/s1. The van der Waals surface area contributed by atoms with Crippen LogP contribution in [0.15, 0.2) is 66.7 Å².